The first-order valence-electron chi connectivity index (χ1n) is 12.5. The van der Waals surface area contributed by atoms with Gasteiger partial charge in [-0.25, -0.2) is 0 Å². The molecule has 1 aliphatic heterocycles. The van der Waals surface area contributed by atoms with Gasteiger partial charge in [-0.15, -0.1) is 0 Å². The Morgan fingerprint density at radius 1 is 0.914 bits per heavy atom. The molecule has 188 valence electrons. The second-order valence-electron chi connectivity index (χ2n) is 10.3. The zero-order valence-electron chi connectivity index (χ0n) is 21.3. The van der Waals surface area contributed by atoms with E-state index in [-0.39, 0.29) is 30.3 Å². The summed E-state index contributed by atoms with van der Waals surface area (Å²) in [5.41, 5.74) is -1.33. The Hall–Kier alpha value is -2.48. The predicted octanol–water partition coefficient (Wildman–Crippen LogP) is 3.46. The fourth-order valence-corrected chi connectivity index (χ4v) is 10.3. The summed E-state index contributed by atoms with van der Waals surface area (Å²) in [5, 5.41) is 2.26. The normalized spacial score (nSPS) is 22.8. The first-order valence-corrected chi connectivity index (χ1v) is 14.4. The van der Waals surface area contributed by atoms with E-state index >= 15 is 0 Å². The number of ether oxygens (including phenoxy) is 3. The van der Waals surface area contributed by atoms with Gasteiger partial charge in [-0.2, -0.15) is 0 Å². The molecule has 0 radical (unpaired) electrons. The average Bonchev–Trinajstić information content (AvgIpc) is 3.25. The summed E-state index contributed by atoms with van der Waals surface area (Å²) in [5.74, 6) is -1.33. The monoisotopic (exact) mass is 496 g/mol. The van der Waals surface area contributed by atoms with Crippen molar-refractivity contribution in [2.45, 2.75) is 58.3 Å². The zero-order chi connectivity index (χ0) is 25.3. The minimum absolute atomic E-state index is 0.142. The molecule has 1 saturated heterocycles. The third-order valence-corrected chi connectivity index (χ3v) is 12.3. The van der Waals surface area contributed by atoms with Crippen LogP contribution >= 0.6 is 0 Å². The molecule has 2 aromatic rings. The smallest absolute Gasteiger partial charge is 0.326 e. The van der Waals surface area contributed by atoms with Crippen molar-refractivity contribution in [3.8, 4) is 0 Å². The lowest BCUT2D eigenvalue weighted by Gasteiger charge is -2.43. The number of hydrogen-bond acceptors (Lipinski definition) is 6. The Morgan fingerprint density at radius 2 is 1.40 bits per heavy atom. The van der Waals surface area contributed by atoms with Gasteiger partial charge in [0.15, 0.2) is 5.41 Å². The van der Waals surface area contributed by atoms with E-state index in [2.05, 4.69) is 69.3 Å². The first kappa shape index (κ1) is 25.6. The molecule has 1 aliphatic carbocycles. The van der Waals surface area contributed by atoms with E-state index in [0.29, 0.717) is 13.0 Å². The lowest BCUT2D eigenvalue weighted by molar-refractivity contribution is -0.170. The second-order valence-corrected chi connectivity index (χ2v) is 14.6. The van der Waals surface area contributed by atoms with E-state index < -0.39 is 31.8 Å². The van der Waals surface area contributed by atoms with Crippen LogP contribution in [-0.2, 0) is 28.2 Å². The van der Waals surface area contributed by atoms with Crippen molar-refractivity contribution >= 4 is 30.6 Å². The molecule has 3 atom stereocenters. The van der Waals surface area contributed by atoms with Crippen molar-refractivity contribution in [2.24, 2.45) is 11.3 Å². The van der Waals surface area contributed by atoms with Crippen LogP contribution < -0.4 is 10.4 Å². The molecule has 2 fully saturated rings. The summed E-state index contributed by atoms with van der Waals surface area (Å²) in [6.07, 6.45) is -0.169. The Bertz CT molecular complexity index is 961. The summed E-state index contributed by atoms with van der Waals surface area (Å²) in [4.78, 5) is 25.5. The zero-order valence-corrected chi connectivity index (χ0v) is 22.3. The minimum atomic E-state index is -2.69. The molecule has 35 heavy (non-hydrogen) atoms. The van der Waals surface area contributed by atoms with Crippen LogP contribution in [0.2, 0.25) is 5.04 Å². The third-order valence-electron chi connectivity index (χ3n) is 7.27. The highest BCUT2D eigenvalue weighted by Crippen LogP contribution is 2.63. The molecule has 7 heteroatoms. The molecular formula is C28H36O6Si. The molecule has 0 spiro atoms. The highest BCUT2D eigenvalue weighted by molar-refractivity contribution is 6.99. The molecule has 0 amide bonds. The number of hydrogen-bond donors (Lipinski definition) is 0. The first-order chi connectivity index (χ1) is 16.7. The van der Waals surface area contributed by atoms with E-state index in [4.69, 9.17) is 18.6 Å². The Labute approximate surface area is 209 Å². The fraction of sp³-hybridized carbons (Fsp3) is 0.500. The van der Waals surface area contributed by atoms with Crippen LogP contribution in [-0.4, -0.2) is 52.3 Å². The van der Waals surface area contributed by atoms with Gasteiger partial charge >= 0.3 is 11.9 Å². The number of rotatable bonds is 9. The maximum atomic E-state index is 12.8. The molecule has 0 N–H and O–H groups in total. The molecule has 1 heterocycles. The van der Waals surface area contributed by atoms with Gasteiger partial charge in [0.05, 0.1) is 32.0 Å². The van der Waals surface area contributed by atoms with Crippen LogP contribution in [0.25, 0.3) is 0 Å². The largest absolute Gasteiger partial charge is 0.465 e. The van der Waals surface area contributed by atoms with Crippen molar-refractivity contribution < 1.29 is 28.2 Å². The number of benzene rings is 2. The van der Waals surface area contributed by atoms with E-state index in [9.17, 15) is 9.59 Å². The fourth-order valence-electron chi connectivity index (χ4n) is 5.69. The summed E-state index contributed by atoms with van der Waals surface area (Å²) >= 11 is 0. The van der Waals surface area contributed by atoms with Gasteiger partial charge in [0, 0.05) is 5.92 Å². The average molecular weight is 497 g/mol. The van der Waals surface area contributed by atoms with E-state index in [1.165, 1.54) is 10.4 Å². The van der Waals surface area contributed by atoms with Gasteiger partial charge in [0.25, 0.3) is 8.32 Å². The molecule has 4 rings (SSSR count). The lowest BCUT2D eigenvalue weighted by atomic mass is 9.99. The maximum Gasteiger partial charge on any atom is 0.326 e. The molecule has 1 saturated carbocycles. The van der Waals surface area contributed by atoms with Gasteiger partial charge in [-0.05, 0) is 35.7 Å². The Balaban J connectivity index is 1.57. The quantitative estimate of drug-likeness (QED) is 0.301. The highest BCUT2D eigenvalue weighted by Gasteiger charge is 2.80. The van der Waals surface area contributed by atoms with E-state index in [0.717, 1.165) is 0 Å². The van der Waals surface area contributed by atoms with Crippen LogP contribution in [0.5, 0.6) is 0 Å². The number of fused-ring (bicyclic) bond motifs is 1. The number of esters is 2. The van der Waals surface area contributed by atoms with Crippen LogP contribution in [0, 0.1) is 11.3 Å². The molecule has 0 aromatic heterocycles. The summed E-state index contributed by atoms with van der Waals surface area (Å²) < 4.78 is 23.7. The molecule has 2 aliphatic rings. The van der Waals surface area contributed by atoms with E-state index in [1.54, 1.807) is 13.8 Å². The van der Waals surface area contributed by atoms with Gasteiger partial charge < -0.3 is 18.6 Å². The van der Waals surface area contributed by atoms with Crippen LogP contribution in [0.3, 0.4) is 0 Å². The standard InChI is InChI=1S/C28H36O6Si/c1-6-31-25(29)28(26(30)32-7-2)23-18-20(34-24(23)28)19-33-35(27(3,4)5,21-14-10-8-11-15-21)22-16-12-9-13-17-22/h8-17,20,23-24H,6-7,18-19H2,1-5H3/t20-,23+,24-/m0/s1. The van der Waals surface area contributed by atoms with Crippen molar-refractivity contribution in [1.29, 1.82) is 0 Å². The van der Waals surface area contributed by atoms with Gasteiger partial charge in [-0.3, -0.25) is 9.59 Å². The summed E-state index contributed by atoms with van der Waals surface area (Å²) in [7, 11) is -2.69. The van der Waals surface area contributed by atoms with Crippen LogP contribution in [0.15, 0.2) is 60.7 Å². The molecule has 2 aromatic carbocycles. The third kappa shape index (κ3) is 4.24. The van der Waals surface area contributed by atoms with Gasteiger partial charge in [-0.1, -0.05) is 81.4 Å². The SMILES string of the molecule is CCOC(=O)C1(C(=O)OCC)[C@@H]2C[C@@H](CO[Si](c3ccccc3)(c3ccccc3)C(C)(C)C)O[C@@H]21. The van der Waals surface area contributed by atoms with E-state index in [1.807, 2.05) is 12.1 Å². The van der Waals surface area contributed by atoms with Gasteiger partial charge in [0.1, 0.15) is 0 Å². The summed E-state index contributed by atoms with van der Waals surface area (Å²) in [6, 6.07) is 20.9. The number of carbonyl (C=O) groups is 2. The van der Waals surface area contributed by atoms with Crippen LogP contribution in [0.1, 0.15) is 41.0 Å². The lowest BCUT2D eigenvalue weighted by Crippen LogP contribution is -2.67. The predicted molar refractivity (Wildman–Crippen MR) is 136 cm³/mol. The van der Waals surface area contributed by atoms with Crippen molar-refractivity contribution in [3.05, 3.63) is 60.7 Å². The molecule has 0 unspecified atom stereocenters. The van der Waals surface area contributed by atoms with Gasteiger partial charge in [0.2, 0.25) is 0 Å². The highest BCUT2D eigenvalue weighted by atomic mass is 28.4. The van der Waals surface area contributed by atoms with Crippen molar-refractivity contribution in [3.63, 3.8) is 0 Å². The molecule has 0 bridgehead atoms. The van der Waals surface area contributed by atoms with Crippen LogP contribution in [0.4, 0.5) is 0 Å². The molecule has 6 nitrogen and oxygen atoms in total. The van der Waals surface area contributed by atoms with Crippen molar-refractivity contribution in [2.75, 3.05) is 19.8 Å². The van der Waals surface area contributed by atoms with Crippen molar-refractivity contribution in [1.82, 2.24) is 0 Å². The summed E-state index contributed by atoms with van der Waals surface area (Å²) in [6.45, 7) is 11.0. The maximum absolute atomic E-state index is 12.8. The second kappa shape index (κ2) is 9.88. The molecular weight excluding hydrogens is 460 g/mol. The Kier molecular flexibility index (Phi) is 7.22. The topological polar surface area (TPSA) is 71.1 Å². The minimum Gasteiger partial charge on any atom is -0.465 e. The Morgan fingerprint density at radius 3 is 1.77 bits per heavy atom. The number of carbonyl (C=O) groups excluding carboxylic acids is 2.